The zero-order valence-corrected chi connectivity index (χ0v) is 16.8. The summed E-state index contributed by atoms with van der Waals surface area (Å²) in [7, 11) is 0. The van der Waals surface area contributed by atoms with Crippen LogP contribution in [0.4, 0.5) is 11.4 Å². The van der Waals surface area contributed by atoms with Crippen molar-refractivity contribution in [2.75, 3.05) is 11.9 Å². The number of hydrogen-bond acceptors (Lipinski definition) is 7. The van der Waals surface area contributed by atoms with Crippen LogP contribution in [0.25, 0.3) is 0 Å². The number of esters is 1. The van der Waals surface area contributed by atoms with Crippen LogP contribution in [0.5, 0.6) is 0 Å². The Labute approximate surface area is 180 Å². The Kier molecular flexibility index (Phi) is 6.61. The van der Waals surface area contributed by atoms with Crippen molar-refractivity contribution >= 4 is 46.7 Å². The average Bonchev–Trinajstić information content (AvgIpc) is 3.06. The Bertz CT molecular complexity index is 1050. The summed E-state index contributed by atoms with van der Waals surface area (Å²) in [5.41, 5.74) is 0.773. The van der Waals surface area contributed by atoms with Crippen LogP contribution in [-0.2, 0) is 25.7 Å². The van der Waals surface area contributed by atoms with E-state index >= 15 is 0 Å². The summed E-state index contributed by atoms with van der Waals surface area (Å²) in [5.74, 6) is -1.88. The van der Waals surface area contributed by atoms with Gasteiger partial charge in [-0.1, -0.05) is 23.7 Å². The molecule has 0 aliphatic carbocycles. The molecule has 0 unspecified atom stereocenters. The summed E-state index contributed by atoms with van der Waals surface area (Å²) >= 11 is 5.90. The SMILES string of the molecule is O=C(COC(=O)c1ccc(CN2C(=O)CCC2=O)cc1)Nc1ccc([N+](=O)[O-])cc1Cl. The topological polar surface area (TPSA) is 136 Å². The first-order valence-electron chi connectivity index (χ1n) is 9.07. The zero-order chi connectivity index (χ0) is 22.5. The van der Waals surface area contributed by atoms with Crippen molar-refractivity contribution < 1.29 is 28.8 Å². The van der Waals surface area contributed by atoms with Crippen LogP contribution >= 0.6 is 11.6 Å². The van der Waals surface area contributed by atoms with Crippen molar-refractivity contribution in [1.29, 1.82) is 0 Å². The molecule has 0 saturated carbocycles. The molecule has 2 aromatic carbocycles. The predicted octanol–water partition coefficient (Wildman–Crippen LogP) is 2.69. The first kappa shape index (κ1) is 21.9. The standard InChI is InChI=1S/C20H16ClN3O7/c21-15-9-14(24(29)30)5-6-16(15)22-17(25)11-31-20(28)13-3-1-12(2-4-13)10-23-18(26)7-8-19(23)27/h1-6,9H,7-8,10-11H2,(H,22,25). The minimum absolute atomic E-state index is 0.0283. The number of halogens is 1. The Morgan fingerprint density at radius 1 is 1.10 bits per heavy atom. The Morgan fingerprint density at radius 2 is 1.74 bits per heavy atom. The highest BCUT2D eigenvalue weighted by molar-refractivity contribution is 6.34. The van der Waals surface area contributed by atoms with Gasteiger partial charge in [-0.15, -0.1) is 0 Å². The van der Waals surface area contributed by atoms with Crippen LogP contribution in [0.15, 0.2) is 42.5 Å². The van der Waals surface area contributed by atoms with E-state index in [0.29, 0.717) is 5.56 Å². The van der Waals surface area contributed by atoms with Crippen molar-refractivity contribution in [3.05, 3.63) is 68.7 Å². The zero-order valence-electron chi connectivity index (χ0n) is 16.0. The summed E-state index contributed by atoms with van der Waals surface area (Å²) in [6.45, 7) is -0.462. The van der Waals surface area contributed by atoms with Gasteiger partial charge in [0.1, 0.15) is 0 Å². The minimum Gasteiger partial charge on any atom is -0.452 e. The van der Waals surface area contributed by atoms with Crippen LogP contribution in [0, 0.1) is 10.1 Å². The number of anilines is 1. The normalized spacial score (nSPS) is 13.3. The van der Waals surface area contributed by atoms with E-state index in [-0.39, 0.29) is 53.2 Å². The monoisotopic (exact) mass is 445 g/mol. The number of carbonyl (C=O) groups is 4. The van der Waals surface area contributed by atoms with Gasteiger partial charge in [0, 0.05) is 25.0 Å². The Balaban J connectivity index is 1.52. The van der Waals surface area contributed by atoms with E-state index in [0.717, 1.165) is 6.07 Å². The molecule has 11 heteroatoms. The summed E-state index contributed by atoms with van der Waals surface area (Å²) in [5, 5.41) is 13.1. The lowest BCUT2D eigenvalue weighted by Gasteiger charge is -2.13. The molecule has 0 spiro atoms. The molecule has 3 rings (SSSR count). The molecular formula is C20H16ClN3O7. The molecule has 1 fully saturated rings. The molecule has 0 aromatic heterocycles. The fourth-order valence-corrected chi connectivity index (χ4v) is 3.07. The number of nitrogens with zero attached hydrogens (tertiary/aromatic N) is 2. The number of carbonyl (C=O) groups excluding carboxylic acids is 4. The van der Waals surface area contributed by atoms with E-state index in [1.807, 2.05) is 0 Å². The van der Waals surface area contributed by atoms with Crippen molar-refractivity contribution in [3.63, 3.8) is 0 Å². The number of imide groups is 1. The third kappa shape index (κ3) is 5.43. The Morgan fingerprint density at radius 3 is 2.32 bits per heavy atom. The predicted molar refractivity (Wildman–Crippen MR) is 108 cm³/mol. The van der Waals surface area contributed by atoms with Gasteiger partial charge in [0.05, 0.1) is 27.7 Å². The van der Waals surface area contributed by atoms with Gasteiger partial charge in [-0.2, -0.15) is 0 Å². The van der Waals surface area contributed by atoms with E-state index < -0.39 is 23.4 Å². The third-order valence-corrected chi connectivity index (χ3v) is 4.77. The summed E-state index contributed by atoms with van der Waals surface area (Å²) in [4.78, 5) is 58.7. The molecule has 1 saturated heterocycles. The quantitative estimate of drug-likeness (QED) is 0.299. The van der Waals surface area contributed by atoms with Gasteiger partial charge in [-0.05, 0) is 23.8 Å². The molecule has 31 heavy (non-hydrogen) atoms. The highest BCUT2D eigenvalue weighted by Gasteiger charge is 2.28. The van der Waals surface area contributed by atoms with E-state index in [2.05, 4.69) is 5.32 Å². The molecule has 0 atom stereocenters. The number of nitro groups is 1. The lowest BCUT2D eigenvalue weighted by atomic mass is 10.1. The molecule has 1 heterocycles. The number of nitro benzene ring substituents is 1. The van der Waals surface area contributed by atoms with E-state index in [1.54, 1.807) is 12.1 Å². The van der Waals surface area contributed by atoms with E-state index in [1.165, 1.54) is 29.2 Å². The number of rotatable bonds is 7. The van der Waals surface area contributed by atoms with Crippen LogP contribution < -0.4 is 5.32 Å². The highest BCUT2D eigenvalue weighted by atomic mass is 35.5. The van der Waals surface area contributed by atoms with Gasteiger partial charge in [0.2, 0.25) is 11.8 Å². The molecule has 3 amide bonds. The molecule has 160 valence electrons. The molecule has 1 N–H and O–H groups in total. The van der Waals surface area contributed by atoms with Crippen molar-refractivity contribution in [2.24, 2.45) is 0 Å². The van der Waals surface area contributed by atoms with Crippen molar-refractivity contribution in [1.82, 2.24) is 4.90 Å². The van der Waals surface area contributed by atoms with Gasteiger partial charge in [0.25, 0.3) is 11.6 Å². The number of nitrogens with one attached hydrogen (secondary N) is 1. The molecule has 1 aliphatic heterocycles. The molecule has 1 aliphatic rings. The molecule has 2 aromatic rings. The Hall–Kier alpha value is -3.79. The largest absolute Gasteiger partial charge is 0.452 e. The average molecular weight is 446 g/mol. The lowest BCUT2D eigenvalue weighted by Crippen LogP contribution is -2.28. The highest BCUT2D eigenvalue weighted by Crippen LogP contribution is 2.26. The number of benzene rings is 2. The van der Waals surface area contributed by atoms with Crippen LogP contribution in [0.1, 0.15) is 28.8 Å². The fraction of sp³-hybridized carbons (Fsp3) is 0.200. The van der Waals surface area contributed by atoms with Crippen LogP contribution in [-0.4, -0.2) is 40.1 Å². The summed E-state index contributed by atoms with van der Waals surface area (Å²) in [6, 6.07) is 9.65. The molecule has 0 radical (unpaired) electrons. The van der Waals surface area contributed by atoms with Gasteiger partial charge >= 0.3 is 5.97 Å². The van der Waals surface area contributed by atoms with Crippen LogP contribution in [0.2, 0.25) is 5.02 Å². The third-order valence-electron chi connectivity index (χ3n) is 4.46. The maximum atomic E-state index is 12.1. The van der Waals surface area contributed by atoms with Gasteiger partial charge in [-0.3, -0.25) is 29.4 Å². The fourth-order valence-electron chi connectivity index (χ4n) is 2.85. The van der Waals surface area contributed by atoms with Crippen LogP contribution in [0.3, 0.4) is 0 Å². The second-order valence-electron chi connectivity index (χ2n) is 6.62. The maximum Gasteiger partial charge on any atom is 0.338 e. The number of non-ortho nitro benzene ring substituents is 1. The van der Waals surface area contributed by atoms with E-state index in [9.17, 15) is 29.3 Å². The van der Waals surface area contributed by atoms with Crippen molar-refractivity contribution in [2.45, 2.75) is 19.4 Å². The second kappa shape index (κ2) is 9.35. The first-order chi connectivity index (χ1) is 14.7. The number of amides is 3. The lowest BCUT2D eigenvalue weighted by molar-refractivity contribution is -0.384. The molecule has 10 nitrogen and oxygen atoms in total. The summed E-state index contributed by atoms with van der Waals surface area (Å²) < 4.78 is 4.95. The van der Waals surface area contributed by atoms with Crippen molar-refractivity contribution in [3.8, 4) is 0 Å². The van der Waals surface area contributed by atoms with E-state index in [4.69, 9.17) is 16.3 Å². The second-order valence-corrected chi connectivity index (χ2v) is 7.02. The molecule has 0 bridgehead atoms. The first-order valence-corrected chi connectivity index (χ1v) is 9.45. The van der Waals surface area contributed by atoms with Gasteiger partial charge < -0.3 is 10.1 Å². The smallest absolute Gasteiger partial charge is 0.338 e. The van der Waals surface area contributed by atoms with Gasteiger partial charge in [0.15, 0.2) is 6.61 Å². The number of likely N-dealkylation sites (tertiary alicyclic amines) is 1. The number of hydrogen-bond donors (Lipinski definition) is 1. The minimum atomic E-state index is -0.746. The maximum absolute atomic E-state index is 12.1. The summed E-state index contributed by atoms with van der Waals surface area (Å²) in [6.07, 6.45) is 0.410. The molecular weight excluding hydrogens is 430 g/mol. The number of ether oxygens (including phenoxy) is 1. The van der Waals surface area contributed by atoms with Gasteiger partial charge in [-0.25, -0.2) is 4.79 Å².